The molecule has 3 N–H and O–H groups in total. The molecule has 1 aromatic heterocycles. The lowest BCUT2D eigenvalue weighted by Crippen LogP contribution is -2.86. The molecule has 4 fully saturated rings. The molecule has 0 spiro atoms. The van der Waals surface area contributed by atoms with Crippen LogP contribution in [-0.4, -0.2) is 121 Å². The molecule has 2 bridgehead atoms. The Morgan fingerprint density at radius 1 is 0.952 bits per heavy atom. The molecule has 18 nitrogen and oxygen atoms in total. The van der Waals surface area contributed by atoms with Crippen LogP contribution in [0.2, 0.25) is 0 Å². The van der Waals surface area contributed by atoms with E-state index >= 15 is 0 Å². The maximum atomic E-state index is 14.8. The second-order valence-electron chi connectivity index (χ2n) is 18.8. The van der Waals surface area contributed by atoms with Crippen molar-refractivity contribution in [2.75, 3.05) is 20.8 Å². The van der Waals surface area contributed by atoms with Crippen molar-refractivity contribution >= 4 is 30.0 Å². The van der Waals surface area contributed by atoms with Gasteiger partial charge in [-0.25, -0.2) is 14.4 Å². The third-order valence-electron chi connectivity index (χ3n) is 13.6. The number of carbonyl (C=O) groups is 5. The Bertz CT molecular complexity index is 2180. The van der Waals surface area contributed by atoms with Gasteiger partial charge < -0.3 is 62.6 Å². The van der Waals surface area contributed by atoms with Crippen LogP contribution in [-0.2, 0) is 47.5 Å². The predicted molar refractivity (Wildman–Crippen MR) is 216 cm³/mol. The van der Waals surface area contributed by atoms with Gasteiger partial charge in [-0.3, -0.25) is 9.59 Å². The van der Waals surface area contributed by atoms with E-state index in [-0.39, 0.29) is 30.1 Å². The standard InChI is InChI=1S/C45H57NO17/c1-21-28(59-39(51)33(49)32(27-13-12-16-56-27)46-40(52)63-41(4,5)6)19-45(53)37(61-38(50)25-17-24(54-10)14-15-26(25)55-11)35-43(9)29(18-30-44(35,20-57-30)62-23(3)48)60-36(43)34(58-22(2)47)31(21)42(45,7)8/h12-17,28-30,32-37,49,53H,18-20H2,1-11H3,(H,46,52)/t28-,29+,30+,32-,33+,34?,35-,36-,37-,43+,44-,45+/m0/s1. The first-order valence-corrected chi connectivity index (χ1v) is 20.8. The number of aliphatic hydroxyl groups excluding tert-OH is 1. The van der Waals surface area contributed by atoms with Crippen molar-refractivity contribution in [1.29, 1.82) is 0 Å². The molecule has 3 aliphatic carbocycles. The van der Waals surface area contributed by atoms with E-state index < -0.39 is 119 Å². The molecule has 5 aliphatic rings. The third-order valence-corrected chi connectivity index (χ3v) is 13.6. The number of ether oxygens (including phenoxy) is 9. The van der Waals surface area contributed by atoms with Crippen molar-refractivity contribution in [2.45, 2.75) is 141 Å². The highest BCUT2D eigenvalue weighted by molar-refractivity contribution is 5.93. The highest BCUT2D eigenvalue weighted by Crippen LogP contribution is 2.69. The number of nitrogens with one attached hydrogen (secondary N) is 1. The number of furan rings is 1. The van der Waals surface area contributed by atoms with E-state index in [4.69, 9.17) is 47.0 Å². The lowest BCUT2D eigenvalue weighted by Gasteiger charge is -2.74. The number of rotatable bonds is 11. The molecule has 1 unspecified atom stereocenters. The zero-order chi connectivity index (χ0) is 46.2. The summed E-state index contributed by atoms with van der Waals surface area (Å²) in [7, 11) is 2.81. The van der Waals surface area contributed by atoms with E-state index in [1.54, 1.807) is 47.6 Å². The summed E-state index contributed by atoms with van der Waals surface area (Å²) in [6.07, 6.45) is -8.50. The Balaban J connectivity index is 1.39. The van der Waals surface area contributed by atoms with Crippen molar-refractivity contribution in [3.8, 4) is 11.5 Å². The van der Waals surface area contributed by atoms with Crippen molar-refractivity contribution in [2.24, 2.45) is 16.7 Å². The minimum absolute atomic E-state index is 0.00475. The summed E-state index contributed by atoms with van der Waals surface area (Å²) in [4.78, 5) is 68.2. The number of esters is 4. The summed E-state index contributed by atoms with van der Waals surface area (Å²) >= 11 is 0. The molecular weight excluding hydrogens is 826 g/mol. The largest absolute Gasteiger partial charge is 0.497 e. The number of hydrogen-bond acceptors (Lipinski definition) is 17. The summed E-state index contributed by atoms with van der Waals surface area (Å²) in [6.45, 7) is 14.2. The van der Waals surface area contributed by atoms with E-state index in [0.717, 1.165) is 0 Å². The van der Waals surface area contributed by atoms with Crippen molar-refractivity contribution in [1.82, 2.24) is 5.32 Å². The molecule has 63 heavy (non-hydrogen) atoms. The first-order chi connectivity index (χ1) is 29.4. The SMILES string of the molecule is COc1ccc(OC)c(C(=O)O[C@H]2[C@@H]3[C@]4(OC(C)=O)CO[C@@H]4C[C@H]4O[C@@H](C(OC(C)=O)C5=C(C)[C@@H](OC(=O)[C@H](O)[C@@H](NC(=O)OC(C)(C)C)c6ccco6)C[C@]2(O)C5(C)C)[C@@]34C)c1. The number of alkyl carbamates (subject to hydrolysis) is 1. The number of methoxy groups -OCH3 is 2. The predicted octanol–water partition coefficient (Wildman–Crippen LogP) is 4.28. The van der Waals surface area contributed by atoms with Gasteiger partial charge in [0.05, 0.1) is 39.1 Å². The number of fused-ring (bicyclic) bond motifs is 4. The maximum Gasteiger partial charge on any atom is 0.408 e. The van der Waals surface area contributed by atoms with E-state index in [1.165, 1.54) is 58.6 Å². The minimum atomic E-state index is -2.25. The second-order valence-corrected chi connectivity index (χ2v) is 18.8. The van der Waals surface area contributed by atoms with Crippen LogP contribution in [0.1, 0.15) is 97.3 Å². The molecule has 2 aliphatic heterocycles. The average Bonchev–Trinajstić information content (AvgIpc) is 3.72. The average molecular weight is 884 g/mol. The minimum Gasteiger partial charge on any atom is -0.497 e. The first-order valence-electron chi connectivity index (χ1n) is 20.8. The molecule has 1 amide bonds. The number of hydrogen-bond donors (Lipinski definition) is 3. The van der Waals surface area contributed by atoms with E-state index in [9.17, 15) is 34.2 Å². The summed E-state index contributed by atoms with van der Waals surface area (Å²) in [5, 5.41) is 28.0. The molecule has 7 rings (SSSR count). The normalized spacial score (nSPS) is 33.4. The number of aliphatic hydroxyl groups is 2. The molecule has 2 saturated heterocycles. The monoisotopic (exact) mass is 883 g/mol. The maximum absolute atomic E-state index is 14.8. The van der Waals surface area contributed by atoms with Gasteiger partial charge in [0.15, 0.2) is 17.8 Å². The summed E-state index contributed by atoms with van der Waals surface area (Å²) < 4.78 is 59.7. The molecule has 0 radical (unpaired) electrons. The summed E-state index contributed by atoms with van der Waals surface area (Å²) in [5.74, 6) is -4.15. The van der Waals surface area contributed by atoms with Crippen LogP contribution in [0.4, 0.5) is 4.79 Å². The highest BCUT2D eigenvalue weighted by atomic mass is 16.6. The van der Waals surface area contributed by atoms with Crippen LogP contribution >= 0.6 is 0 Å². The zero-order valence-electron chi connectivity index (χ0n) is 37.3. The Hall–Kier alpha value is -5.17. The van der Waals surface area contributed by atoms with Crippen molar-refractivity contribution in [3.05, 3.63) is 59.1 Å². The lowest BCUT2D eigenvalue weighted by molar-refractivity contribution is -0.416. The van der Waals surface area contributed by atoms with Gasteiger partial charge in [0.1, 0.15) is 64.5 Å². The Morgan fingerprint density at radius 3 is 2.24 bits per heavy atom. The zero-order valence-corrected chi connectivity index (χ0v) is 37.3. The van der Waals surface area contributed by atoms with Gasteiger partial charge in [0.25, 0.3) is 0 Å². The lowest BCUT2D eigenvalue weighted by atomic mass is 9.42. The quantitative estimate of drug-likeness (QED) is 0.162. The first kappa shape index (κ1) is 45.8. The van der Waals surface area contributed by atoms with Gasteiger partial charge in [-0.15, -0.1) is 0 Å². The molecular formula is C45H57NO17. The van der Waals surface area contributed by atoms with Gasteiger partial charge in [-0.1, -0.05) is 20.8 Å². The Morgan fingerprint density at radius 2 is 1.67 bits per heavy atom. The van der Waals surface area contributed by atoms with Crippen LogP contribution in [0.3, 0.4) is 0 Å². The van der Waals surface area contributed by atoms with Gasteiger partial charge >= 0.3 is 30.0 Å². The van der Waals surface area contributed by atoms with Crippen molar-refractivity contribution in [3.63, 3.8) is 0 Å². The van der Waals surface area contributed by atoms with Crippen LogP contribution in [0.15, 0.2) is 52.2 Å². The number of amides is 1. The number of carbonyl (C=O) groups excluding carboxylic acids is 5. The van der Waals surface area contributed by atoms with E-state index in [1.807, 2.05) is 6.92 Å². The highest BCUT2D eigenvalue weighted by Gasteiger charge is 2.81. The van der Waals surface area contributed by atoms with E-state index in [0.29, 0.717) is 16.9 Å². The Kier molecular flexibility index (Phi) is 11.7. The summed E-state index contributed by atoms with van der Waals surface area (Å²) in [5.41, 5.74) is -6.68. The Labute approximate surface area is 364 Å². The fourth-order valence-corrected chi connectivity index (χ4v) is 10.7. The van der Waals surface area contributed by atoms with Gasteiger partial charge in [0.2, 0.25) is 0 Å². The van der Waals surface area contributed by atoms with E-state index in [2.05, 4.69) is 5.32 Å². The molecule has 3 heterocycles. The third kappa shape index (κ3) is 7.51. The molecule has 2 aromatic rings. The number of benzene rings is 1. The molecule has 12 atom stereocenters. The fraction of sp³-hybridized carbons (Fsp3) is 0.622. The fourth-order valence-electron chi connectivity index (χ4n) is 10.7. The van der Waals surface area contributed by atoms with Gasteiger partial charge in [0, 0.05) is 37.5 Å². The molecule has 18 heteroatoms. The van der Waals surface area contributed by atoms with Crippen molar-refractivity contribution < 1.29 is 81.2 Å². The second kappa shape index (κ2) is 16.1. The summed E-state index contributed by atoms with van der Waals surface area (Å²) in [6, 6.07) is 6.00. The molecule has 1 aromatic carbocycles. The van der Waals surface area contributed by atoms with Crippen LogP contribution in [0.5, 0.6) is 11.5 Å². The molecule has 2 saturated carbocycles. The smallest absolute Gasteiger partial charge is 0.408 e. The van der Waals surface area contributed by atoms with Gasteiger partial charge in [-0.2, -0.15) is 0 Å². The van der Waals surface area contributed by atoms with Crippen LogP contribution < -0.4 is 14.8 Å². The van der Waals surface area contributed by atoms with Gasteiger partial charge in [-0.05, 0) is 69.2 Å². The van der Waals surface area contributed by atoms with Crippen LogP contribution in [0.25, 0.3) is 0 Å². The topological polar surface area (TPSA) is 234 Å². The molecule has 344 valence electrons. The van der Waals surface area contributed by atoms with Crippen LogP contribution in [0, 0.1) is 16.7 Å².